The van der Waals surface area contributed by atoms with E-state index in [0.717, 1.165) is 19.5 Å². The van der Waals surface area contributed by atoms with Gasteiger partial charge in [-0.05, 0) is 31.2 Å². The molecule has 0 atom stereocenters. The lowest BCUT2D eigenvalue weighted by Gasteiger charge is -2.07. The number of rotatable bonds is 5. The molecule has 1 N–H and O–H groups in total. The summed E-state index contributed by atoms with van der Waals surface area (Å²) in [5, 5.41) is 3.14. The van der Waals surface area contributed by atoms with Crippen LogP contribution in [-0.4, -0.2) is 21.6 Å². The molecule has 0 amide bonds. The molecule has 0 bridgehead atoms. The van der Waals surface area contributed by atoms with Gasteiger partial charge >= 0.3 is 0 Å². The molecule has 0 saturated carbocycles. The van der Waals surface area contributed by atoms with E-state index < -0.39 is 0 Å². The van der Waals surface area contributed by atoms with Crippen LogP contribution in [0.3, 0.4) is 0 Å². The average molecular weight is 216 g/mol. The molecule has 2 rings (SSSR count). The first-order valence-electron chi connectivity index (χ1n) is 5.42. The van der Waals surface area contributed by atoms with Gasteiger partial charge in [0.2, 0.25) is 0 Å². The van der Waals surface area contributed by atoms with E-state index in [2.05, 4.69) is 32.0 Å². The van der Waals surface area contributed by atoms with Gasteiger partial charge in [-0.25, -0.2) is 4.98 Å². The van der Waals surface area contributed by atoms with E-state index >= 15 is 0 Å². The lowest BCUT2D eigenvalue weighted by Crippen LogP contribution is -2.11. The molecule has 84 valence electrons. The molecule has 0 aliphatic heterocycles. The maximum Gasteiger partial charge on any atom is 0.0948 e. The Morgan fingerprint density at radius 3 is 2.81 bits per heavy atom. The van der Waals surface area contributed by atoms with Gasteiger partial charge in [0, 0.05) is 31.7 Å². The lowest BCUT2D eigenvalue weighted by atomic mass is 10.2. The number of aromatic nitrogens is 3. The number of hydrogen-bond acceptors (Lipinski definition) is 3. The van der Waals surface area contributed by atoms with Crippen molar-refractivity contribution in [2.75, 3.05) is 7.05 Å². The quantitative estimate of drug-likeness (QED) is 0.817. The van der Waals surface area contributed by atoms with Crippen molar-refractivity contribution in [3.63, 3.8) is 0 Å². The highest BCUT2D eigenvalue weighted by atomic mass is 15.1. The fourth-order valence-electron chi connectivity index (χ4n) is 1.68. The Hall–Kier alpha value is -1.68. The Morgan fingerprint density at radius 1 is 1.25 bits per heavy atom. The third-order valence-corrected chi connectivity index (χ3v) is 2.55. The summed E-state index contributed by atoms with van der Waals surface area (Å²) in [4.78, 5) is 8.17. The molecule has 0 aliphatic carbocycles. The Bertz CT molecular complexity index is 422. The SMILES string of the molecule is CNCc1cncn1CCc1ccncc1. The smallest absolute Gasteiger partial charge is 0.0948 e. The van der Waals surface area contributed by atoms with E-state index in [0.29, 0.717) is 0 Å². The third kappa shape index (κ3) is 2.67. The molecular formula is C12H16N4. The summed E-state index contributed by atoms with van der Waals surface area (Å²) in [6, 6.07) is 4.10. The van der Waals surface area contributed by atoms with Gasteiger partial charge in [-0.2, -0.15) is 0 Å². The molecule has 2 heterocycles. The minimum atomic E-state index is 0.857. The van der Waals surface area contributed by atoms with E-state index in [1.807, 2.05) is 32.0 Å². The van der Waals surface area contributed by atoms with Gasteiger partial charge in [0.1, 0.15) is 0 Å². The van der Waals surface area contributed by atoms with Gasteiger partial charge in [-0.3, -0.25) is 4.98 Å². The summed E-state index contributed by atoms with van der Waals surface area (Å²) in [6.07, 6.45) is 8.46. The van der Waals surface area contributed by atoms with Crippen molar-refractivity contribution in [3.05, 3.63) is 48.3 Å². The molecule has 0 radical (unpaired) electrons. The number of aryl methyl sites for hydroxylation is 2. The predicted molar refractivity (Wildman–Crippen MR) is 62.9 cm³/mol. The summed E-state index contributed by atoms with van der Waals surface area (Å²) < 4.78 is 2.18. The number of hydrogen-bond donors (Lipinski definition) is 1. The molecule has 4 nitrogen and oxygen atoms in total. The van der Waals surface area contributed by atoms with Crippen molar-refractivity contribution in [1.29, 1.82) is 0 Å². The highest BCUT2D eigenvalue weighted by Gasteiger charge is 2.00. The third-order valence-electron chi connectivity index (χ3n) is 2.55. The summed E-state index contributed by atoms with van der Waals surface area (Å²) in [5.41, 5.74) is 2.52. The highest BCUT2D eigenvalue weighted by Crippen LogP contribution is 2.03. The molecule has 0 saturated heterocycles. The zero-order valence-electron chi connectivity index (χ0n) is 9.43. The first-order valence-corrected chi connectivity index (χ1v) is 5.42. The molecule has 2 aromatic heterocycles. The standard InChI is InChI=1S/C12H16N4/c1-13-8-12-9-15-10-16(12)7-4-11-2-5-14-6-3-11/h2-3,5-6,9-10,13H,4,7-8H2,1H3. The van der Waals surface area contributed by atoms with Crippen LogP contribution >= 0.6 is 0 Å². The van der Waals surface area contributed by atoms with Crippen LogP contribution in [0.4, 0.5) is 0 Å². The van der Waals surface area contributed by atoms with E-state index in [9.17, 15) is 0 Å². The minimum absolute atomic E-state index is 0.857. The Kier molecular flexibility index (Phi) is 3.66. The Labute approximate surface area is 95.4 Å². The largest absolute Gasteiger partial charge is 0.333 e. The van der Waals surface area contributed by atoms with Crippen LogP contribution in [0.25, 0.3) is 0 Å². The predicted octanol–water partition coefficient (Wildman–Crippen LogP) is 1.24. The summed E-state index contributed by atoms with van der Waals surface area (Å²) >= 11 is 0. The molecule has 4 heteroatoms. The van der Waals surface area contributed by atoms with Gasteiger partial charge in [0.05, 0.1) is 12.0 Å². The monoisotopic (exact) mass is 216 g/mol. The van der Waals surface area contributed by atoms with Crippen molar-refractivity contribution in [3.8, 4) is 0 Å². The van der Waals surface area contributed by atoms with Gasteiger partial charge in [0.15, 0.2) is 0 Å². The number of nitrogens with zero attached hydrogens (tertiary/aromatic N) is 3. The minimum Gasteiger partial charge on any atom is -0.333 e. The molecule has 0 fully saturated rings. The van der Waals surface area contributed by atoms with Gasteiger partial charge < -0.3 is 9.88 Å². The molecule has 0 spiro atoms. The van der Waals surface area contributed by atoms with Gasteiger partial charge in [-0.1, -0.05) is 0 Å². The lowest BCUT2D eigenvalue weighted by molar-refractivity contribution is 0.637. The summed E-state index contributed by atoms with van der Waals surface area (Å²) in [5.74, 6) is 0. The fourth-order valence-corrected chi connectivity index (χ4v) is 1.68. The number of pyridine rings is 1. The topological polar surface area (TPSA) is 42.7 Å². The van der Waals surface area contributed by atoms with Crippen molar-refractivity contribution in [2.45, 2.75) is 19.5 Å². The molecule has 0 unspecified atom stereocenters. The number of nitrogens with one attached hydrogen (secondary N) is 1. The van der Waals surface area contributed by atoms with E-state index in [1.54, 1.807) is 0 Å². The molecule has 0 aliphatic rings. The van der Waals surface area contributed by atoms with Crippen LogP contribution in [-0.2, 0) is 19.5 Å². The molecule has 0 aromatic carbocycles. The zero-order chi connectivity index (χ0) is 11.2. The zero-order valence-corrected chi connectivity index (χ0v) is 9.43. The van der Waals surface area contributed by atoms with Crippen LogP contribution < -0.4 is 5.32 Å². The molecular weight excluding hydrogens is 200 g/mol. The van der Waals surface area contributed by atoms with E-state index in [4.69, 9.17) is 0 Å². The van der Waals surface area contributed by atoms with Crippen LogP contribution in [0, 0.1) is 0 Å². The maximum absolute atomic E-state index is 4.16. The van der Waals surface area contributed by atoms with Crippen LogP contribution in [0.5, 0.6) is 0 Å². The van der Waals surface area contributed by atoms with Crippen molar-refractivity contribution in [1.82, 2.24) is 19.9 Å². The summed E-state index contributed by atoms with van der Waals surface area (Å²) in [6.45, 7) is 1.82. The molecule has 2 aromatic rings. The maximum atomic E-state index is 4.16. The van der Waals surface area contributed by atoms with Crippen LogP contribution in [0.2, 0.25) is 0 Å². The van der Waals surface area contributed by atoms with Crippen LogP contribution in [0.15, 0.2) is 37.1 Å². The van der Waals surface area contributed by atoms with Gasteiger partial charge in [-0.15, -0.1) is 0 Å². The summed E-state index contributed by atoms with van der Waals surface area (Å²) in [7, 11) is 1.94. The second-order valence-electron chi connectivity index (χ2n) is 3.71. The van der Waals surface area contributed by atoms with Crippen molar-refractivity contribution in [2.24, 2.45) is 0 Å². The second kappa shape index (κ2) is 5.42. The van der Waals surface area contributed by atoms with Gasteiger partial charge in [0.25, 0.3) is 0 Å². The number of imidazole rings is 1. The Morgan fingerprint density at radius 2 is 2.06 bits per heavy atom. The van der Waals surface area contributed by atoms with E-state index in [1.165, 1.54) is 11.3 Å². The van der Waals surface area contributed by atoms with Crippen LogP contribution in [0.1, 0.15) is 11.3 Å². The van der Waals surface area contributed by atoms with Crippen molar-refractivity contribution >= 4 is 0 Å². The second-order valence-corrected chi connectivity index (χ2v) is 3.71. The van der Waals surface area contributed by atoms with E-state index in [-0.39, 0.29) is 0 Å². The average Bonchev–Trinajstić information content (AvgIpc) is 2.76. The highest BCUT2D eigenvalue weighted by molar-refractivity contribution is 5.10. The molecule has 16 heavy (non-hydrogen) atoms. The van der Waals surface area contributed by atoms with Crippen molar-refractivity contribution < 1.29 is 0 Å². The first kappa shape index (κ1) is 10.8. The normalized spacial score (nSPS) is 10.6. The Balaban J connectivity index is 1.97. The first-order chi connectivity index (χ1) is 7.90. The fraction of sp³-hybridized carbons (Fsp3) is 0.333.